The molecule has 0 spiro atoms. The molecule has 0 unspecified atom stereocenters. The molecule has 5 heteroatoms. The molecule has 2 bridgehead atoms. The van der Waals surface area contributed by atoms with Gasteiger partial charge in [-0.2, -0.15) is 0 Å². The summed E-state index contributed by atoms with van der Waals surface area (Å²) >= 11 is 0. The summed E-state index contributed by atoms with van der Waals surface area (Å²) in [5.41, 5.74) is -0.762. The van der Waals surface area contributed by atoms with Crippen molar-refractivity contribution in [3.8, 4) is 0 Å². The Morgan fingerprint density at radius 1 is 0.905 bits per heavy atom. The van der Waals surface area contributed by atoms with E-state index in [0.29, 0.717) is 5.76 Å². The number of ketones is 4. The first kappa shape index (κ1) is 12.9. The zero-order chi connectivity index (χ0) is 15.1. The number of carbonyl (C=O) groups excluding carboxylic acids is 4. The zero-order valence-electron chi connectivity index (χ0n) is 11.9. The van der Waals surface area contributed by atoms with Crippen molar-refractivity contribution in [2.75, 3.05) is 7.11 Å². The van der Waals surface area contributed by atoms with E-state index >= 15 is 0 Å². The third-order valence-corrected chi connectivity index (χ3v) is 5.98. The van der Waals surface area contributed by atoms with Crippen LogP contribution in [0, 0.1) is 35.0 Å². The van der Waals surface area contributed by atoms with Gasteiger partial charge in [-0.15, -0.1) is 0 Å². The Bertz CT molecular complexity index is 601. The van der Waals surface area contributed by atoms with Gasteiger partial charge in [0.2, 0.25) is 0 Å². The molecule has 0 aromatic heterocycles. The summed E-state index contributed by atoms with van der Waals surface area (Å²) in [5.74, 6) is -2.11. The zero-order valence-corrected chi connectivity index (χ0v) is 11.9. The molecule has 0 heterocycles. The minimum Gasteiger partial charge on any atom is -0.501 e. The van der Waals surface area contributed by atoms with Crippen molar-refractivity contribution in [3.63, 3.8) is 0 Å². The van der Waals surface area contributed by atoms with Gasteiger partial charge in [0, 0.05) is 35.0 Å². The lowest BCUT2D eigenvalue weighted by molar-refractivity contribution is -0.149. The Morgan fingerprint density at radius 3 is 1.81 bits per heavy atom. The van der Waals surface area contributed by atoms with E-state index in [0.717, 1.165) is 0 Å². The first-order chi connectivity index (χ1) is 9.90. The molecule has 5 aliphatic rings. The molecule has 3 fully saturated rings. The number of carbonyl (C=O) groups is 4. The van der Waals surface area contributed by atoms with E-state index in [1.165, 1.54) is 7.11 Å². The fourth-order valence-electron chi connectivity index (χ4n) is 5.40. The Kier molecular flexibility index (Phi) is 2.28. The molecule has 3 saturated carbocycles. The molecule has 21 heavy (non-hydrogen) atoms. The Hall–Kier alpha value is -1.78. The summed E-state index contributed by atoms with van der Waals surface area (Å²) in [5, 5.41) is 0. The Labute approximate surface area is 121 Å². The molecule has 0 saturated heterocycles. The number of ether oxygens (including phenoxy) is 1. The highest BCUT2D eigenvalue weighted by atomic mass is 16.5. The molecule has 110 valence electrons. The van der Waals surface area contributed by atoms with Gasteiger partial charge in [0.1, 0.15) is 23.1 Å². The SMILES string of the molecule is COC1=CC2(C)[C@H]3C(=O)CC(=O)[C@H]3C1[C@@H]1C(=O)CC(=O)[C@@H]12. The minimum absolute atomic E-state index is 0.0753. The summed E-state index contributed by atoms with van der Waals surface area (Å²) < 4.78 is 5.41. The van der Waals surface area contributed by atoms with Crippen LogP contribution >= 0.6 is 0 Å². The van der Waals surface area contributed by atoms with E-state index in [1.807, 2.05) is 13.0 Å². The maximum atomic E-state index is 12.3. The van der Waals surface area contributed by atoms with Crippen molar-refractivity contribution in [1.29, 1.82) is 0 Å². The quantitative estimate of drug-likeness (QED) is 0.664. The van der Waals surface area contributed by atoms with E-state index < -0.39 is 35.0 Å². The van der Waals surface area contributed by atoms with Crippen LogP contribution in [-0.4, -0.2) is 30.2 Å². The molecular weight excluding hydrogens is 272 g/mol. The summed E-state index contributed by atoms with van der Waals surface area (Å²) in [7, 11) is 1.52. The normalized spacial score (nSPS) is 47.5. The molecule has 0 aliphatic heterocycles. The van der Waals surface area contributed by atoms with Crippen LogP contribution in [0.1, 0.15) is 19.8 Å². The molecule has 5 nitrogen and oxygen atoms in total. The monoisotopic (exact) mass is 288 g/mol. The van der Waals surface area contributed by atoms with Crippen LogP contribution in [0.25, 0.3) is 0 Å². The van der Waals surface area contributed by atoms with Gasteiger partial charge >= 0.3 is 0 Å². The van der Waals surface area contributed by atoms with Crippen molar-refractivity contribution in [2.24, 2.45) is 35.0 Å². The second kappa shape index (κ2) is 3.70. The van der Waals surface area contributed by atoms with Gasteiger partial charge in [-0.05, 0) is 6.08 Å². The van der Waals surface area contributed by atoms with Crippen LogP contribution in [0.15, 0.2) is 11.8 Å². The maximum Gasteiger partial charge on any atom is 0.144 e. The van der Waals surface area contributed by atoms with E-state index in [9.17, 15) is 19.2 Å². The largest absolute Gasteiger partial charge is 0.501 e. The molecule has 5 aliphatic carbocycles. The summed E-state index contributed by atoms with van der Waals surface area (Å²) in [6, 6.07) is 0. The van der Waals surface area contributed by atoms with Gasteiger partial charge in [0.15, 0.2) is 0 Å². The highest BCUT2D eigenvalue weighted by molar-refractivity contribution is 6.14. The number of methoxy groups -OCH3 is 1. The second-order valence-corrected chi connectivity index (χ2v) is 6.87. The third kappa shape index (κ3) is 1.28. The van der Waals surface area contributed by atoms with E-state index in [-0.39, 0.29) is 36.0 Å². The topological polar surface area (TPSA) is 77.5 Å². The van der Waals surface area contributed by atoms with Crippen molar-refractivity contribution < 1.29 is 23.9 Å². The van der Waals surface area contributed by atoms with Gasteiger partial charge in [0.05, 0.1) is 25.7 Å². The predicted molar refractivity (Wildman–Crippen MR) is 69.9 cm³/mol. The second-order valence-electron chi connectivity index (χ2n) is 6.87. The molecule has 0 amide bonds. The number of hydrogen-bond acceptors (Lipinski definition) is 5. The van der Waals surface area contributed by atoms with Crippen molar-refractivity contribution in [2.45, 2.75) is 19.8 Å². The molecule has 5 rings (SSSR count). The van der Waals surface area contributed by atoms with Gasteiger partial charge in [-0.25, -0.2) is 0 Å². The van der Waals surface area contributed by atoms with Crippen LogP contribution in [-0.2, 0) is 23.9 Å². The minimum atomic E-state index is -0.762. The van der Waals surface area contributed by atoms with E-state index in [4.69, 9.17) is 4.74 Å². The van der Waals surface area contributed by atoms with E-state index in [2.05, 4.69) is 0 Å². The van der Waals surface area contributed by atoms with Crippen molar-refractivity contribution >= 4 is 23.1 Å². The van der Waals surface area contributed by atoms with Gasteiger partial charge in [0.25, 0.3) is 0 Å². The molecule has 0 N–H and O–H groups in total. The molecule has 0 aromatic rings. The van der Waals surface area contributed by atoms with Gasteiger partial charge in [-0.3, -0.25) is 19.2 Å². The number of rotatable bonds is 1. The summed E-state index contributed by atoms with van der Waals surface area (Å²) in [6.07, 6.45) is 1.69. The highest BCUT2D eigenvalue weighted by Gasteiger charge is 2.71. The van der Waals surface area contributed by atoms with E-state index in [1.54, 1.807) is 0 Å². The lowest BCUT2D eigenvalue weighted by Gasteiger charge is -2.54. The summed E-state index contributed by atoms with van der Waals surface area (Å²) in [6.45, 7) is 1.84. The fourth-order valence-corrected chi connectivity index (χ4v) is 5.40. The Balaban J connectivity index is 1.98. The van der Waals surface area contributed by atoms with Crippen LogP contribution < -0.4 is 0 Å². The maximum absolute atomic E-state index is 12.3. The van der Waals surface area contributed by atoms with Gasteiger partial charge in [-0.1, -0.05) is 6.92 Å². The lowest BCUT2D eigenvalue weighted by atomic mass is 9.47. The third-order valence-electron chi connectivity index (χ3n) is 5.98. The predicted octanol–water partition coefficient (Wildman–Crippen LogP) is 0.715. The fraction of sp³-hybridized carbons (Fsp3) is 0.625. The van der Waals surface area contributed by atoms with Crippen LogP contribution in [0.2, 0.25) is 0 Å². The standard InChI is InChI=1S/C16H16O5/c1-16-5-10(21-2)13(11-6(17)3-8(19)14(11)16)12-7(18)4-9(20)15(12)16/h5,11-15H,3-4H2,1-2H3/t11-,12-,13?,14-,15-,16?/m0/s1. The average molecular weight is 288 g/mol. The number of allylic oxidation sites excluding steroid dienone is 2. The average Bonchev–Trinajstić information content (AvgIpc) is 2.89. The summed E-state index contributed by atoms with van der Waals surface area (Å²) in [4.78, 5) is 49.2. The van der Waals surface area contributed by atoms with Crippen molar-refractivity contribution in [1.82, 2.24) is 0 Å². The Morgan fingerprint density at radius 2 is 1.38 bits per heavy atom. The van der Waals surface area contributed by atoms with Crippen LogP contribution in [0.3, 0.4) is 0 Å². The first-order valence-electron chi connectivity index (χ1n) is 7.27. The van der Waals surface area contributed by atoms with Crippen LogP contribution in [0.5, 0.6) is 0 Å². The molecule has 0 radical (unpaired) electrons. The number of hydrogen-bond donors (Lipinski definition) is 0. The van der Waals surface area contributed by atoms with Crippen LogP contribution in [0.4, 0.5) is 0 Å². The van der Waals surface area contributed by atoms with Gasteiger partial charge < -0.3 is 4.74 Å². The molecule has 0 aromatic carbocycles. The van der Waals surface area contributed by atoms with Crippen molar-refractivity contribution in [3.05, 3.63) is 11.8 Å². The first-order valence-corrected chi connectivity index (χ1v) is 7.27. The number of Topliss-reactive ketones (excluding diaryl/α,β-unsaturated/α-hetero) is 4. The lowest BCUT2D eigenvalue weighted by Crippen LogP contribution is -2.58. The smallest absolute Gasteiger partial charge is 0.144 e. The molecular formula is C16H16O5. The molecule has 4 atom stereocenters. The highest BCUT2D eigenvalue weighted by Crippen LogP contribution is 2.65.